The third-order valence-electron chi connectivity index (χ3n) is 3.67. The van der Waals surface area contributed by atoms with Crippen LogP contribution in [0.3, 0.4) is 0 Å². The lowest BCUT2D eigenvalue weighted by atomic mass is 10.2. The van der Waals surface area contributed by atoms with Crippen molar-refractivity contribution in [2.45, 2.75) is 23.6 Å². The van der Waals surface area contributed by atoms with Gasteiger partial charge in [-0.25, -0.2) is 4.99 Å². The Morgan fingerprint density at radius 2 is 1.38 bits per heavy atom. The second-order valence-corrected chi connectivity index (χ2v) is 7.90. The molecule has 0 bridgehead atoms. The molecule has 0 heterocycles. The van der Waals surface area contributed by atoms with E-state index in [1.807, 2.05) is 36.4 Å². The van der Waals surface area contributed by atoms with Crippen molar-refractivity contribution < 1.29 is 0 Å². The zero-order valence-electron chi connectivity index (χ0n) is 14.9. The number of rotatable bonds is 5. The Morgan fingerprint density at radius 3 is 2.04 bits per heavy atom. The highest BCUT2D eigenvalue weighted by molar-refractivity contribution is 8.14. The topological polar surface area (TPSA) is 12.4 Å². The van der Waals surface area contributed by atoms with Gasteiger partial charge in [-0.1, -0.05) is 77.6 Å². The molecule has 0 aliphatic carbocycles. The average Bonchev–Trinajstić information content (AvgIpc) is 2.69. The highest BCUT2D eigenvalue weighted by atomic mass is 32.2. The van der Waals surface area contributed by atoms with Gasteiger partial charge >= 0.3 is 0 Å². The molecule has 0 aliphatic rings. The largest absolute Gasteiger partial charge is 0.241 e. The third-order valence-corrected chi connectivity index (χ3v) is 5.80. The van der Waals surface area contributed by atoms with Crippen molar-refractivity contribution in [1.29, 1.82) is 0 Å². The molecule has 26 heavy (non-hydrogen) atoms. The highest BCUT2D eigenvalue weighted by Gasteiger charge is 2.07. The molecule has 3 aromatic carbocycles. The zero-order chi connectivity index (χ0) is 18.2. The first-order chi connectivity index (χ1) is 12.7. The van der Waals surface area contributed by atoms with Crippen LogP contribution in [-0.4, -0.2) is 5.04 Å². The minimum Gasteiger partial charge on any atom is -0.241 e. The van der Waals surface area contributed by atoms with Crippen molar-refractivity contribution in [3.05, 3.63) is 101 Å². The molecule has 0 atom stereocenters. The molecule has 0 unspecified atom stereocenters. The predicted octanol–water partition coefficient (Wildman–Crippen LogP) is 7.51. The molecule has 0 fully saturated rings. The Bertz CT molecular complexity index is 883. The lowest BCUT2D eigenvalue weighted by molar-refractivity contribution is 1.38. The number of hydrogen-bond acceptors (Lipinski definition) is 3. The summed E-state index contributed by atoms with van der Waals surface area (Å²) < 4.78 is 0. The van der Waals surface area contributed by atoms with Crippen LogP contribution in [0.1, 0.15) is 12.5 Å². The van der Waals surface area contributed by atoms with Crippen molar-refractivity contribution >= 4 is 34.3 Å². The van der Waals surface area contributed by atoms with Gasteiger partial charge in [-0.3, -0.25) is 0 Å². The number of aryl methyl sites for hydroxylation is 1. The van der Waals surface area contributed by atoms with Gasteiger partial charge in [0.25, 0.3) is 0 Å². The summed E-state index contributed by atoms with van der Waals surface area (Å²) in [6.45, 7) is 4.23. The highest BCUT2D eigenvalue weighted by Crippen LogP contribution is 2.29. The first-order valence-corrected chi connectivity index (χ1v) is 10.2. The second kappa shape index (κ2) is 9.46. The van der Waals surface area contributed by atoms with E-state index in [0.717, 1.165) is 16.3 Å². The standard InChI is InChI=1S/C23H21NS2/c1-18-13-15-22(16-14-18)26-23(24-20-9-5-3-6-10-20)19(2)17-25-21-11-7-4-8-12-21/h3-17H,1-2H3/b19-17+,24-23?. The molecule has 0 spiro atoms. The fourth-order valence-electron chi connectivity index (χ4n) is 2.24. The molecule has 0 saturated heterocycles. The first-order valence-electron chi connectivity index (χ1n) is 8.48. The van der Waals surface area contributed by atoms with E-state index < -0.39 is 0 Å². The normalized spacial score (nSPS) is 12.2. The first kappa shape index (κ1) is 18.6. The molecule has 3 heteroatoms. The lowest BCUT2D eigenvalue weighted by Gasteiger charge is -2.08. The van der Waals surface area contributed by atoms with Crippen molar-refractivity contribution in [3.63, 3.8) is 0 Å². The maximum absolute atomic E-state index is 4.89. The van der Waals surface area contributed by atoms with Gasteiger partial charge in [-0.15, -0.1) is 0 Å². The molecule has 0 N–H and O–H groups in total. The fraction of sp³-hybridized carbons (Fsp3) is 0.0870. The minimum atomic E-state index is 0.972. The quantitative estimate of drug-likeness (QED) is 0.260. The van der Waals surface area contributed by atoms with E-state index in [0.29, 0.717) is 0 Å². The molecule has 0 aliphatic heterocycles. The summed E-state index contributed by atoms with van der Waals surface area (Å²) in [7, 11) is 0. The number of nitrogens with zero attached hydrogens (tertiary/aromatic N) is 1. The number of thioether (sulfide) groups is 2. The van der Waals surface area contributed by atoms with Crippen molar-refractivity contribution in [1.82, 2.24) is 0 Å². The van der Waals surface area contributed by atoms with E-state index in [2.05, 4.69) is 67.8 Å². The Morgan fingerprint density at radius 1 is 0.769 bits per heavy atom. The van der Waals surface area contributed by atoms with Crippen LogP contribution >= 0.6 is 23.5 Å². The van der Waals surface area contributed by atoms with Crippen molar-refractivity contribution in [3.8, 4) is 0 Å². The van der Waals surface area contributed by atoms with Gasteiger partial charge in [0.2, 0.25) is 0 Å². The van der Waals surface area contributed by atoms with Gasteiger partial charge in [0.05, 0.1) is 5.69 Å². The van der Waals surface area contributed by atoms with E-state index in [9.17, 15) is 0 Å². The lowest BCUT2D eigenvalue weighted by Crippen LogP contribution is -1.94. The predicted molar refractivity (Wildman–Crippen MR) is 117 cm³/mol. The van der Waals surface area contributed by atoms with Gasteiger partial charge < -0.3 is 0 Å². The number of aliphatic imine (C=N–C) groups is 1. The third kappa shape index (κ3) is 5.65. The Kier molecular flexibility index (Phi) is 6.75. The van der Waals surface area contributed by atoms with Crippen LogP contribution in [0, 0.1) is 6.92 Å². The van der Waals surface area contributed by atoms with Crippen LogP contribution in [0.4, 0.5) is 5.69 Å². The molecule has 130 valence electrons. The van der Waals surface area contributed by atoms with E-state index >= 15 is 0 Å². The molecule has 0 amide bonds. The number of para-hydroxylation sites is 1. The summed E-state index contributed by atoms with van der Waals surface area (Å²) in [5.41, 5.74) is 3.40. The van der Waals surface area contributed by atoms with E-state index in [1.54, 1.807) is 23.5 Å². The summed E-state index contributed by atoms with van der Waals surface area (Å²) in [5, 5.41) is 3.20. The van der Waals surface area contributed by atoms with Gasteiger partial charge in [-0.05, 0) is 61.2 Å². The van der Waals surface area contributed by atoms with Crippen molar-refractivity contribution in [2.24, 2.45) is 4.99 Å². The summed E-state index contributed by atoms with van der Waals surface area (Å²) in [4.78, 5) is 7.31. The number of hydrogen-bond donors (Lipinski definition) is 0. The maximum atomic E-state index is 4.89. The Hall–Kier alpha value is -2.23. The number of benzene rings is 3. The summed E-state index contributed by atoms with van der Waals surface area (Å²) in [6, 6.07) is 29.1. The van der Waals surface area contributed by atoms with Gasteiger partial charge in [0, 0.05) is 9.79 Å². The van der Waals surface area contributed by atoms with E-state index in [4.69, 9.17) is 4.99 Å². The molecule has 3 rings (SSSR count). The van der Waals surface area contributed by atoms with Crippen molar-refractivity contribution in [2.75, 3.05) is 0 Å². The fourth-order valence-corrected chi connectivity index (χ4v) is 3.91. The molecule has 0 radical (unpaired) electrons. The molecule has 0 saturated carbocycles. The second-order valence-electron chi connectivity index (χ2n) is 5.90. The van der Waals surface area contributed by atoms with Gasteiger partial charge in [-0.2, -0.15) is 0 Å². The van der Waals surface area contributed by atoms with Crippen LogP contribution in [-0.2, 0) is 0 Å². The Balaban J connectivity index is 1.86. The molecule has 0 aromatic heterocycles. The van der Waals surface area contributed by atoms with Gasteiger partial charge in [0.1, 0.15) is 5.04 Å². The zero-order valence-corrected chi connectivity index (χ0v) is 16.6. The Labute approximate surface area is 164 Å². The summed E-state index contributed by atoms with van der Waals surface area (Å²) >= 11 is 3.43. The monoisotopic (exact) mass is 375 g/mol. The summed E-state index contributed by atoms with van der Waals surface area (Å²) in [5.74, 6) is 0. The SMILES string of the molecule is C/C(=C\Sc1ccccc1)C(=Nc1ccccc1)Sc1ccc(C)cc1. The van der Waals surface area contributed by atoms with Crippen LogP contribution in [0.2, 0.25) is 0 Å². The molecular formula is C23H21NS2. The smallest absolute Gasteiger partial charge is 0.105 e. The maximum Gasteiger partial charge on any atom is 0.105 e. The van der Waals surface area contributed by atoms with E-state index in [-0.39, 0.29) is 0 Å². The minimum absolute atomic E-state index is 0.972. The molecular weight excluding hydrogens is 354 g/mol. The average molecular weight is 376 g/mol. The van der Waals surface area contributed by atoms with Gasteiger partial charge in [0.15, 0.2) is 0 Å². The molecule has 3 aromatic rings. The van der Waals surface area contributed by atoms with Crippen LogP contribution in [0.15, 0.2) is 111 Å². The summed E-state index contributed by atoms with van der Waals surface area (Å²) in [6.07, 6.45) is 0. The van der Waals surface area contributed by atoms with Crippen LogP contribution in [0.25, 0.3) is 0 Å². The van der Waals surface area contributed by atoms with Crippen LogP contribution in [0.5, 0.6) is 0 Å². The van der Waals surface area contributed by atoms with E-state index in [1.165, 1.54) is 15.4 Å². The molecule has 1 nitrogen and oxygen atoms in total. The van der Waals surface area contributed by atoms with Crippen LogP contribution < -0.4 is 0 Å².